The highest BCUT2D eigenvalue weighted by Gasteiger charge is 2.31. The van der Waals surface area contributed by atoms with Gasteiger partial charge < -0.3 is 10.2 Å². The van der Waals surface area contributed by atoms with Gasteiger partial charge in [-0.2, -0.15) is 0 Å². The van der Waals surface area contributed by atoms with E-state index in [1.807, 2.05) is 35.2 Å². The normalized spacial score (nSPS) is 22.8. The van der Waals surface area contributed by atoms with Crippen LogP contribution in [0.2, 0.25) is 0 Å². The number of amides is 2. The molecular weight excluding hydrogens is 264 g/mol. The van der Waals surface area contributed by atoms with Crippen molar-refractivity contribution in [1.82, 2.24) is 5.32 Å². The summed E-state index contributed by atoms with van der Waals surface area (Å²) in [6.07, 6.45) is 4.90. The van der Waals surface area contributed by atoms with Crippen molar-refractivity contribution < 1.29 is 9.59 Å². The fourth-order valence-electron chi connectivity index (χ4n) is 3.35. The van der Waals surface area contributed by atoms with Gasteiger partial charge in [0.2, 0.25) is 11.8 Å². The van der Waals surface area contributed by atoms with Crippen LogP contribution < -0.4 is 10.2 Å². The van der Waals surface area contributed by atoms with Crippen molar-refractivity contribution in [3.63, 3.8) is 0 Å². The maximum absolute atomic E-state index is 12.1. The first-order chi connectivity index (χ1) is 10.2. The molecule has 21 heavy (non-hydrogen) atoms. The number of carbonyl (C=O) groups is 2. The van der Waals surface area contributed by atoms with Gasteiger partial charge in [-0.1, -0.05) is 31.0 Å². The molecule has 1 saturated carbocycles. The third-order valence-electron chi connectivity index (χ3n) is 4.56. The highest BCUT2D eigenvalue weighted by atomic mass is 16.2. The van der Waals surface area contributed by atoms with Crippen LogP contribution in [-0.2, 0) is 9.59 Å². The van der Waals surface area contributed by atoms with E-state index in [0.717, 1.165) is 18.5 Å². The predicted octanol–water partition coefficient (Wildman–Crippen LogP) is 2.35. The van der Waals surface area contributed by atoms with E-state index >= 15 is 0 Å². The lowest BCUT2D eigenvalue weighted by atomic mass is 10.1. The van der Waals surface area contributed by atoms with Gasteiger partial charge in [-0.25, -0.2) is 0 Å². The quantitative estimate of drug-likeness (QED) is 0.923. The van der Waals surface area contributed by atoms with Crippen molar-refractivity contribution in [2.45, 2.75) is 32.1 Å². The molecule has 2 amide bonds. The molecule has 112 valence electrons. The van der Waals surface area contributed by atoms with Crippen LogP contribution in [0.25, 0.3) is 0 Å². The van der Waals surface area contributed by atoms with Crippen LogP contribution in [0, 0.1) is 11.8 Å². The third-order valence-corrected chi connectivity index (χ3v) is 4.56. The Morgan fingerprint density at radius 3 is 2.62 bits per heavy atom. The Balaban J connectivity index is 1.52. The summed E-state index contributed by atoms with van der Waals surface area (Å²) in [7, 11) is 0. The smallest absolute Gasteiger partial charge is 0.227 e. The topological polar surface area (TPSA) is 49.4 Å². The van der Waals surface area contributed by atoms with Crippen LogP contribution in [0.5, 0.6) is 0 Å². The van der Waals surface area contributed by atoms with Crippen LogP contribution in [0.3, 0.4) is 0 Å². The van der Waals surface area contributed by atoms with Crippen LogP contribution in [0.1, 0.15) is 32.1 Å². The maximum atomic E-state index is 12.1. The highest BCUT2D eigenvalue weighted by molar-refractivity contribution is 5.95. The lowest BCUT2D eigenvalue weighted by Crippen LogP contribution is -2.34. The molecule has 1 saturated heterocycles. The van der Waals surface area contributed by atoms with Gasteiger partial charge in [0, 0.05) is 37.0 Å². The van der Waals surface area contributed by atoms with E-state index in [0.29, 0.717) is 19.5 Å². The third kappa shape index (κ3) is 3.26. The predicted molar refractivity (Wildman–Crippen MR) is 81.9 cm³/mol. The summed E-state index contributed by atoms with van der Waals surface area (Å²) in [5.41, 5.74) is 0.951. The molecule has 1 aliphatic carbocycles. The summed E-state index contributed by atoms with van der Waals surface area (Å²) >= 11 is 0. The summed E-state index contributed by atoms with van der Waals surface area (Å²) in [6.45, 7) is 1.32. The fraction of sp³-hybridized carbons (Fsp3) is 0.529. The zero-order valence-corrected chi connectivity index (χ0v) is 12.3. The molecule has 2 aliphatic rings. The number of benzene rings is 1. The van der Waals surface area contributed by atoms with E-state index in [1.54, 1.807) is 0 Å². The average molecular weight is 286 g/mol. The van der Waals surface area contributed by atoms with E-state index in [9.17, 15) is 9.59 Å². The number of rotatable bonds is 4. The second-order valence-electron chi connectivity index (χ2n) is 6.14. The summed E-state index contributed by atoms with van der Waals surface area (Å²) < 4.78 is 0. The standard InChI is InChI=1S/C17H22N2O2/c20-16-10-13(11-18-17(21)14-6-4-5-7-14)12-19(16)15-8-2-1-3-9-15/h1-3,8-9,13-14H,4-7,10-12H2,(H,18,21). The van der Waals surface area contributed by atoms with Crippen molar-refractivity contribution in [3.8, 4) is 0 Å². The lowest BCUT2D eigenvalue weighted by Gasteiger charge is -2.17. The van der Waals surface area contributed by atoms with Gasteiger partial charge in [0.15, 0.2) is 0 Å². The number of para-hydroxylation sites is 1. The van der Waals surface area contributed by atoms with Crippen LogP contribution in [0.4, 0.5) is 5.69 Å². The number of nitrogens with zero attached hydrogens (tertiary/aromatic N) is 1. The first-order valence-corrected chi connectivity index (χ1v) is 7.87. The zero-order chi connectivity index (χ0) is 14.7. The number of anilines is 1. The van der Waals surface area contributed by atoms with E-state index in [1.165, 1.54) is 12.8 Å². The first kappa shape index (κ1) is 14.1. The Bertz CT molecular complexity index is 509. The summed E-state index contributed by atoms with van der Waals surface area (Å²) in [5, 5.41) is 3.04. The molecule has 0 bridgehead atoms. The molecule has 0 radical (unpaired) electrons. The second kappa shape index (κ2) is 6.29. The first-order valence-electron chi connectivity index (χ1n) is 7.87. The molecule has 4 nitrogen and oxygen atoms in total. The molecule has 0 spiro atoms. The molecule has 3 rings (SSSR count). The number of nitrogens with one attached hydrogen (secondary N) is 1. The van der Waals surface area contributed by atoms with Crippen LogP contribution in [-0.4, -0.2) is 24.9 Å². The van der Waals surface area contributed by atoms with Gasteiger partial charge >= 0.3 is 0 Å². The van der Waals surface area contributed by atoms with E-state index in [2.05, 4.69) is 5.32 Å². The molecule has 1 aromatic rings. The monoisotopic (exact) mass is 286 g/mol. The minimum absolute atomic E-state index is 0.154. The highest BCUT2D eigenvalue weighted by Crippen LogP contribution is 2.26. The van der Waals surface area contributed by atoms with Gasteiger partial charge in [0.1, 0.15) is 0 Å². The Morgan fingerprint density at radius 2 is 1.90 bits per heavy atom. The van der Waals surface area contributed by atoms with E-state index in [-0.39, 0.29) is 23.7 Å². The van der Waals surface area contributed by atoms with Crippen LogP contribution in [0.15, 0.2) is 30.3 Å². The SMILES string of the molecule is O=C(NCC1CC(=O)N(c2ccccc2)C1)C1CCCC1. The van der Waals surface area contributed by atoms with Crippen molar-refractivity contribution in [3.05, 3.63) is 30.3 Å². The van der Waals surface area contributed by atoms with Gasteiger partial charge in [0.05, 0.1) is 0 Å². The summed E-state index contributed by atoms with van der Waals surface area (Å²) in [5.74, 6) is 0.759. The van der Waals surface area contributed by atoms with Gasteiger partial charge in [-0.05, 0) is 25.0 Å². The van der Waals surface area contributed by atoms with Crippen molar-refractivity contribution in [2.75, 3.05) is 18.0 Å². The number of hydrogen-bond acceptors (Lipinski definition) is 2. The molecule has 1 aromatic carbocycles. The van der Waals surface area contributed by atoms with Crippen molar-refractivity contribution in [1.29, 1.82) is 0 Å². The molecule has 2 fully saturated rings. The second-order valence-corrected chi connectivity index (χ2v) is 6.14. The summed E-state index contributed by atoms with van der Waals surface area (Å²) in [4.78, 5) is 26.0. The Labute approximate surface area is 125 Å². The Kier molecular flexibility index (Phi) is 4.23. The molecule has 4 heteroatoms. The minimum Gasteiger partial charge on any atom is -0.356 e. The van der Waals surface area contributed by atoms with Crippen molar-refractivity contribution in [2.24, 2.45) is 11.8 Å². The van der Waals surface area contributed by atoms with E-state index < -0.39 is 0 Å². The largest absolute Gasteiger partial charge is 0.356 e. The molecule has 1 heterocycles. The van der Waals surface area contributed by atoms with Gasteiger partial charge in [-0.3, -0.25) is 9.59 Å². The fourth-order valence-corrected chi connectivity index (χ4v) is 3.35. The molecule has 1 atom stereocenters. The van der Waals surface area contributed by atoms with E-state index in [4.69, 9.17) is 0 Å². The number of carbonyl (C=O) groups excluding carboxylic acids is 2. The minimum atomic E-state index is 0.154. The molecule has 1 unspecified atom stereocenters. The molecule has 1 N–H and O–H groups in total. The average Bonchev–Trinajstić information content (AvgIpc) is 3.15. The van der Waals surface area contributed by atoms with Crippen molar-refractivity contribution >= 4 is 17.5 Å². The maximum Gasteiger partial charge on any atom is 0.227 e. The van der Waals surface area contributed by atoms with Gasteiger partial charge in [0.25, 0.3) is 0 Å². The molecule has 0 aromatic heterocycles. The zero-order valence-electron chi connectivity index (χ0n) is 12.3. The lowest BCUT2D eigenvalue weighted by molar-refractivity contribution is -0.125. The van der Waals surface area contributed by atoms with Gasteiger partial charge in [-0.15, -0.1) is 0 Å². The molecular formula is C17H22N2O2. The molecule has 1 aliphatic heterocycles. The number of hydrogen-bond donors (Lipinski definition) is 1. The van der Waals surface area contributed by atoms with Crippen LogP contribution >= 0.6 is 0 Å². The Hall–Kier alpha value is -1.84. The summed E-state index contributed by atoms with van der Waals surface area (Å²) in [6, 6.07) is 9.74. The Morgan fingerprint density at radius 1 is 1.19 bits per heavy atom.